The van der Waals surface area contributed by atoms with Crippen LogP contribution in [0, 0.1) is 0 Å². The Morgan fingerprint density at radius 1 is 1.50 bits per heavy atom. The number of carbonyl (C=O) groups excluding carboxylic acids is 1. The topological polar surface area (TPSA) is 101 Å². The molecule has 0 radical (unpaired) electrons. The molecule has 1 aromatic rings. The Hall–Kier alpha value is -2.31. The normalized spacial score (nSPS) is 17.0. The molecule has 0 saturated heterocycles. The molecule has 0 aliphatic heterocycles. The molecular weight excluding hydrogens is 284 g/mol. The third-order valence-corrected chi connectivity index (χ3v) is 3.19. The summed E-state index contributed by atoms with van der Waals surface area (Å²) in [6, 6.07) is 4.57. The van der Waals surface area contributed by atoms with Crippen molar-refractivity contribution in [2.75, 3.05) is 0 Å². The van der Waals surface area contributed by atoms with Gasteiger partial charge in [0.2, 0.25) is 0 Å². The van der Waals surface area contributed by atoms with Crippen molar-refractivity contribution in [1.29, 1.82) is 0 Å². The second-order valence-corrected chi connectivity index (χ2v) is 6.30. The first-order valence-corrected chi connectivity index (χ1v) is 7.23. The summed E-state index contributed by atoms with van der Waals surface area (Å²) < 4.78 is 5.47. The van der Waals surface area contributed by atoms with Gasteiger partial charge >= 0.3 is 6.09 Å². The Morgan fingerprint density at radius 3 is 2.64 bits per heavy atom. The van der Waals surface area contributed by atoms with Crippen molar-refractivity contribution < 1.29 is 14.7 Å². The minimum atomic E-state index is -0.742. The first kappa shape index (κ1) is 16.1. The zero-order valence-electron chi connectivity index (χ0n) is 13.1. The van der Waals surface area contributed by atoms with Crippen molar-refractivity contribution in [2.45, 2.75) is 51.3 Å². The molecular formula is C15H22N4O3. The van der Waals surface area contributed by atoms with Crippen LogP contribution >= 0.6 is 0 Å². The van der Waals surface area contributed by atoms with Gasteiger partial charge in [0.1, 0.15) is 11.6 Å². The summed E-state index contributed by atoms with van der Waals surface area (Å²) in [5.41, 5.74) is 5.74. The van der Waals surface area contributed by atoms with E-state index in [-0.39, 0.29) is 11.9 Å². The van der Waals surface area contributed by atoms with Gasteiger partial charge in [-0.25, -0.2) is 4.79 Å². The molecule has 2 rings (SSSR count). The van der Waals surface area contributed by atoms with Gasteiger partial charge in [0.15, 0.2) is 5.84 Å². The van der Waals surface area contributed by atoms with E-state index in [0.29, 0.717) is 5.69 Å². The highest BCUT2D eigenvalue weighted by Crippen LogP contribution is 2.35. The fourth-order valence-electron chi connectivity index (χ4n) is 2.16. The molecule has 1 atom stereocenters. The van der Waals surface area contributed by atoms with Crippen LogP contribution in [0.3, 0.4) is 0 Å². The molecule has 3 N–H and O–H groups in total. The maximum absolute atomic E-state index is 12.6. The summed E-state index contributed by atoms with van der Waals surface area (Å²) in [7, 11) is 0. The van der Waals surface area contributed by atoms with E-state index in [4.69, 9.17) is 15.7 Å². The van der Waals surface area contributed by atoms with Gasteiger partial charge in [-0.05, 0) is 45.7 Å². The minimum absolute atomic E-state index is 0.0159. The van der Waals surface area contributed by atoms with Crippen molar-refractivity contribution in [2.24, 2.45) is 10.9 Å². The highest BCUT2D eigenvalue weighted by atomic mass is 16.6. The monoisotopic (exact) mass is 306 g/mol. The van der Waals surface area contributed by atoms with Crippen LogP contribution in [0.15, 0.2) is 29.6 Å². The number of rotatable bonds is 4. The van der Waals surface area contributed by atoms with E-state index < -0.39 is 17.7 Å². The number of pyridine rings is 1. The van der Waals surface area contributed by atoms with Crippen LogP contribution in [-0.2, 0) is 4.74 Å². The number of amidine groups is 1. The maximum Gasteiger partial charge on any atom is 0.411 e. The molecule has 1 aromatic heterocycles. The largest absolute Gasteiger partial charge is 0.444 e. The van der Waals surface area contributed by atoms with Gasteiger partial charge in [0.25, 0.3) is 0 Å². The van der Waals surface area contributed by atoms with Gasteiger partial charge in [-0.2, -0.15) is 0 Å². The predicted molar refractivity (Wildman–Crippen MR) is 81.5 cm³/mol. The quantitative estimate of drug-likeness (QED) is 0.384. The summed E-state index contributed by atoms with van der Waals surface area (Å²) >= 11 is 0. The van der Waals surface area contributed by atoms with E-state index in [1.54, 1.807) is 45.2 Å². The molecule has 1 amide bonds. The zero-order chi connectivity index (χ0) is 16.3. The summed E-state index contributed by atoms with van der Waals surface area (Å²) in [5, 5.41) is 12.2. The molecule has 1 aliphatic rings. The molecule has 0 aromatic carbocycles. The molecule has 7 heteroatoms. The van der Waals surface area contributed by atoms with Crippen molar-refractivity contribution in [3.8, 4) is 0 Å². The lowest BCUT2D eigenvalue weighted by molar-refractivity contribution is 0.0187. The molecule has 1 heterocycles. The number of amides is 1. The van der Waals surface area contributed by atoms with Crippen molar-refractivity contribution >= 4 is 11.9 Å². The zero-order valence-corrected chi connectivity index (χ0v) is 13.1. The second-order valence-electron chi connectivity index (χ2n) is 6.30. The number of ether oxygens (including phenoxy) is 1. The number of hydrogen-bond acceptors (Lipinski definition) is 5. The predicted octanol–water partition coefficient (Wildman–Crippen LogP) is 2.27. The molecule has 0 spiro atoms. The Labute approximate surface area is 129 Å². The Balaban J connectivity index is 2.36. The number of carbonyl (C=O) groups is 1. The van der Waals surface area contributed by atoms with Crippen LogP contribution in [0.5, 0.6) is 0 Å². The average Bonchev–Trinajstić information content (AvgIpc) is 3.27. The van der Waals surface area contributed by atoms with Crippen LogP contribution in [0.4, 0.5) is 4.79 Å². The standard InChI is InChI=1S/C15H22N4O3/c1-15(2,3)22-14(20)19(10-7-8-10)12(13(16)18-21)11-6-4-5-9-17-11/h4-6,9-10,12,21H,7-8H2,1-3H3,(H2,16,18). The third kappa shape index (κ3) is 3.87. The van der Waals surface area contributed by atoms with E-state index >= 15 is 0 Å². The fraction of sp³-hybridized carbons (Fsp3) is 0.533. The molecule has 1 aliphatic carbocycles. The molecule has 120 valence electrons. The van der Waals surface area contributed by atoms with E-state index in [9.17, 15) is 4.79 Å². The maximum atomic E-state index is 12.6. The van der Waals surface area contributed by atoms with Crippen molar-refractivity contribution in [3.05, 3.63) is 30.1 Å². The summed E-state index contributed by atoms with van der Waals surface area (Å²) in [6.45, 7) is 5.40. The summed E-state index contributed by atoms with van der Waals surface area (Å²) in [6.07, 6.45) is 2.84. The number of hydrogen-bond donors (Lipinski definition) is 2. The van der Waals surface area contributed by atoms with E-state index in [2.05, 4.69) is 10.1 Å². The highest BCUT2D eigenvalue weighted by Gasteiger charge is 2.42. The van der Waals surface area contributed by atoms with Gasteiger partial charge in [-0.3, -0.25) is 9.88 Å². The highest BCUT2D eigenvalue weighted by molar-refractivity contribution is 5.89. The second kappa shape index (κ2) is 6.21. The average molecular weight is 306 g/mol. The molecule has 1 fully saturated rings. The van der Waals surface area contributed by atoms with E-state index in [1.807, 2.05) is 0 Å². The Kier molecular flexibility index (Phi) is 4.54. The molecule has 7 nitrogen and oxygen atoms in total. The van der Waals surface area contributed by atoms with Crippen LogP contribution in [-0.4, -0.2) is 38.7 Å². The SMILES string of the molecule is CC(C)(C)OC(=O)N(C1CC1)C(/C(N)=N/O)c1ccccn1. The van der Waals surface area contributed by atoms with Crippen LogP contribution in [0.2, 0.25) is 0 Å². The van der Waals surface area contributed by atoms with Crippen molar-refractivity contribution in [1.82, 2.24) is 9.88 Å². The minimum Gasteiger partial charge on any atom is -0.444 e. The first-order valence-electron chi connectivity index (χ1n) is 7.23. The van der Waals surface area contributed by atoms with E-state index in [0.717, 1.165) is 12.8 Å². The molecule has 22 heavy (non-hydrogen) atoms. The lowest BCUT2D eigenvalue weighted by atomic mass is 10.1. The first-order chi connectivity index (χ1) is 10.3. The number of nitrogens with zero attached hydrogens (tertiary/aromatic N) is 3. The summed E-state index contributed by atoms with van der Waals surface area (Å²) in [5.74, 6) is -0.0866. The van der Waals surface area contributed by atoms with E-state index in [1.165, 1.54) is 4.90 Å². The van der Waals surface area contributed by atoms with Crippen molar-refractivity contribution in [3.63, 3.8) is 0 Å². The van der Waals surface area contributed by atoms with Crippen LogP contribution < -0.4 is 5.73 Å². The third-order valence-electron chi connectivity index (χ3n) is 3.19. The van der Waals surface area contributed by atoms with Crippen LogP contribution in [0.1, 0.15) is 45.3 Å². The van der Waals surface area contributed by atoms with Gasteiger partial charge < -0.3 is 15.7 Å². The van der Waals surface area contributed by atoms with Gasteiger partial charge in [-0.1, -0.05) is 11.2 Å². The lowest BCUT2D eigenvalue weighted by Gasteiger charge is -2.32. The smallest absolute Gasteiger partial charge is 0.411 e. The molecule has 0 bridgehead atoms. The fourth-order valence-corrected chi connectivity index (χ4v) is 2.16. The molecule has 1 saturated carbocycles. The van der Waals surface area contributed by atoms with Gasteiger partial charge in [0.05, 0.1) is 5.69 Å². The Morgan fingerprint density at radius 2 is 2.18 bits per heavy atom. The number of nitrogens with two attached hydrogens (primary N) is 1. The lowest BCUT2D eigenvalue weighted by Crippen LogP contribution is -2.45. The number of aromatic nitrogens is 1. The number of oxime groups is 1. The summed E-state index contributed by atoms with van der Waals surface area (Å²) in [4.78, 5) is 18.3. The van der Waals surface area contributed by atoms with Crippen LogP contribution in [0.25, 0.3) is 0 Å². The van der Waals surface area contributed by atoms with Gasteiger partial charge in [0, 0.05) is 12.2 Å². The molecule has 1 unspecified atom stereocenters. The van der Waals surface area contributed by atoms with Gasteiger partial charge in [-0.15, -0.1) is 0 Å². The Bertz CT molecular complexity index is 550.